The van der Waals surface area contributed by atoms with Crippen molar-refractivity contribution >= 4 is 23.5 Å². The molecule has 3 rings (SSSR count). The minimum absolute atomic E-state index is 0.175. The lowest BCUT2D eigenvalue weighted by molar-refractivity contribution is -0.127. The van der Waals surface area contributed by atoms with Gasteiger partial charge in [-0.3, -0.25) is 9.69 Å². The molecule has 0 radical (unpaired) electrons. The molecule has 23 heavy (non-hydrogen) atoms. The second-order valence-electron chi connectivity index (χ2n) is 5.52. The van der Waals surface area contributed by atoms with Gasteiger partial charge in [-0.05, 0) is 23.6 Å². The van der Waals surface area contributed by atoms with E-state index in [1.54, 1.807) is 6.07 Å². The first kappa shape index (κ1) is 15.6. The van der Waals surface area contributed by atoms with Crippen LogP contribution >= 0.6 is 11.6 Å². The number of hydrogen-bond donors (Lipinski definition) is 1. The van der Waals surface area contributed by atoms with E-state index in [2.05, 4.69) is 5.32 Å². The first-order chi connectivity index (χ1) is 11.1. The topological polar surface area (TPSA) is 49.4 Å². The van der Waals surface area contributed by atoms with Crippen LogP contribution in [0.25, 0.3) is 0 Å². The number of imide groups is 1. The third-order valence-electron chi connectivity index (χ3n) is 3.95. The maximum Gasteiger partial charge on any atom is 0.324 e. The van der Waals surface area contributed by atoms with Crippen LogP contribution in [-0.4, -0.2) is 29.4 Å². The van der Waals surface area contributed by atoms with Gasteiger partial charge < -0.3 is 5.32 Å². The molecule has 118 valence electrons. The smallest absolute Gasteiger partial charge is 0.324 e. The molecule has 0 unspecified atom stereocenters. The summed E-state index contributed by atoms with van der Waals surface area (Å²) in [6, 6.07) is 16.3. The number of benzene rings is 2. The highest BCUT2D eigenvalue weighted by Crippen LogP contribution is 2.17. The maximum absolute atomic E-state index is 12.4. The van der Waals surface area contributed by atoms with E-state index in [-0.39, 0.29) is 11.9 Å². The van der Waals surface area contributed by atoms with Crippen molar-refractivity contribution in [2.45, 2.75) is 18.9 Å². The number of amides is 3. The predicted octanol–water partition coefficient (Wildman–Crippen LogP) is 3.05. The summed E-state index contributed by atoms with van der Waals surface area (Å²) in [5, 5.41) is 3.41. The van der Waals surface area contributed by atoms with Crippen molar-refractivity contribution in [2.24, 2.45) is 0 Å². The number of carbonyl (C=O) groups is 2. The van der Waals surface area contributed by atoms with Crippen molar-refractivity contribution in [1.29, 1.82) is 0 Å². The normalized spacial score (nSPS) is 17.4. The standard InChI is InChI=1S/C18H17ClN2O2/c19-15-9-5-4-8-14(15)10-11-21-17(22)16(20-18(21)23)12-13-6-2-1-3-7-13/h1-9,16H,10-12H2,(H,20,23)/t16-/m1/s1. The molecule has 1 saturated heterocycles. The van der Waals surface area contributed by atoms with E-state index in [4.69, 9.17) is 11.6 Å². The van der Waals surface area contributed by atoms with E-state index < -0.39 is 6.04 Å². The largest absolute Gasteiger partial charge is 0.325 e. The van der Waals surface area contributed by atoms with Crippen LogP contribution in [0.5, 0.6) is 0 Å². The molecular weight excluding hydrogens is 312 g/mol. The van der Waals surface area contributed by atoms with Gasteiger partial charge in [-0.2, -0.15) is 0 Å². The monoisotopic (exact) mass is 328 g/mol. The number of carbonyl (C=O) groups excluding carboxylic acids is 2. The van der Waals surface area contributed by atoms with Crippen LogP contribution in [0.2, 0.25) is 5.02 Å². The zero-order valence-corrected chi connectivity index (χ0v) is 13.3. The third kappa shape index (κ3) is 3.54. The van der Waals surface area contributed by atoms with Crippen molar-refractivity contribution in [1.82, 2.24) is 10.2 Å². The van der Waals surface area contributed by atoms with Crippen LogP contribution in [0, 0.1) is 0 Å². The van der Waals surface area contributed by atoms with Gasteiger partial charge in [-0.25, -0.2) is 4.79 Å². The summed E-state index contributed by atoms with van der Waals surface area (Å²) < 4.78 is 0. The molecule has 1 aliphatic heterocycles. The van der Waals surface area contributed by atoms with Crippen LogP contribution in [0.1, 0.15) is 11.1 Å². The molecule has 1 atom stereocenters. The Kier molecular flexibility index (Phi) is 4.63. The number of nitrogens with one attached hydrogen (secondary N) is 1. The summed E-state index contributed by atoms with van der Waals surface area (Å²) in [4.78, 5) is 25.8. The van der Waals surface area contributed by atoms with Crippen LogP contribution in [0.3, 0.4) is 0 Å². The molecule has 3 amide bonds. The quantitative estimate of drug-likeness (QED) is 0.858. The van der Waals surface area contributed by atoms with Crippen molar-refractivity contribution in [2.75, 3.05) is 6.54 Å². The summed E-state index contributed by atoms with van der Waals surface area (Å²) in [5.74, 6) is -0.175. The molecule has 1 fully saturated rings. The van der Waals surface area contributed by atoms with Crippen LogP contribution in [-0.2, 0) is 17.6 Å². The lowest BCUT2D eigenvalue weighted by Crippen LogP contribution is -2.34. The summed E-state index contributed by atoms with van der Waals surface area (Å²) >= 11 is 6.11. The molecule has 2 aromatic carbocycles. The average Bonchev–Trinajstić information content (AvgIpc) is 2.82. The highest BCUT2D eigenvalue weighted by atomic mass is 35.5. The van der Waals surface area contributed by atoms with Crippen LogP contribution < -0.4 is 5.32 Å². The SMILES string of the molecule is O=C1N[C@H](Cc2ccccc2)C(=O)N1CCc1ccccc1Cl. The zero-order valence-electron chi connectivity index (χ0n) is 12.5. The molecule has 1 aliphatic rings. The first-order valence-electron chi connectivity index (χ1n) is 7.54. The van der Waals surface area contributed by atoms with Crippen molar-refractivity contribution in [3.8, 4) is 0 Å². The van der Waals surface area contributed by atoms with E-state index in [9.17, 15) is 9.59 Å². The maximum atomic E-state index is 12.4. The number of urea groups is 1. The van der Waals surface area contributed by atoms with Crippen LogP contribution in [0.15, 0.2) is 54.6 Å². The fourth-order valence-electron chi connectivity index (χ4n) is 2.71. The molecule has 0 spiro atoms. The Bertz CT molecular complexity index is 718. The number of nitrogens with zero attached hydrogens (tertiary/aromatic N) is 1. The Morgan fingerprint density at radius 2 is 1.70 bits per heavy atom. The lowest BCUT2D eigenvalue weighted by atomic mass is 10.1. The molecule has 0 aromatic heterocycles. The molecule has 1 N–H and O–H groups in total. The van der Waals surface area contributed by atoms with Crippen LogP contribution in [0.4, 0.5) is 4.79 Å². The second kappa shape index (κ2) is 6.84. The van der Waals surface area contributed by atoms with E-state index in [0.717, 1.165) is 11.1 Å². The Hall–Kier alpha value is -2.33. The van der Waals surface area contributed by atoms with E-state index in [1.807, 2.05) is 48.5 Å². The van der Waals surface area contributed by atoms with Crippen molar-refractivity contribution in [3.05, 3.63) is 70.7 Å². The third-order valence-corrected chi connectivity index (χ3v) is 4.32. The molecule has 4 nitrogen and oxygen atoms in total. The van der Waals surface area contributed by atoms with Gasteiger partial charge in [0.25, 0.3) is 5.91 Å². The first-order valence-corrected chi connectivity index (χ1v) is 7.92. The van der Waals surface area contributed by atoms with Crippen molar-refractivity contribution < 1.29 is 9.59 Å². The number of rotatable bonds is 5. The second-order valence-corrected chi connectivity index (χ2v) is 5.93. The Morgan fingerprint density at radius 1 is 1.00 bits per heavy atom. The molecule has 0 saturated carbocycles. The van der Waals surface area contributed by atoms with Gasteiger partial charge >= 0.3 is 6.03 Å². The summed E-state index contributed by atoms with van der Waals surface area (Å²) in [6.07, 6.45) is 1.06. The summed E-state index contributed by atoms with van der Waals surface area (Å²) in [5.41, 5.74) is 1.96. The van der Waals surface area contributed by atoms with E-state index in [1.165, 1.54) is 4.90 Å². The van der Waals surface area contributed by atoms with Gasteiger partial charge in [0.15, 0.2) is 0 Å². The van der Waals surface area contributed by atoms with Gasteiger partial charge in [-0.15, -0.1) is 0 Å². The average molecular weight is 329 g/mol. The fourth-order valence-corrected chi connectivity index (χ4v) is 2.94. The molecule has 2 aromatic rings. The molecule has 0 bridgehead atoms. The van der Waals surface area contributed by atoms with E-state index >= 15 is 0 Å². The molecule has 5 heteroatoms. The van der Waals surface area contributed by atoms with Gasteiger partial charge in [0.05, 0.1) is 0 Å². The summed E-state index contributed by atoms with van der Waals surface area (Å²) in [7, 11) is 0. The Balaban J connectivity index is 1.64. The van der Waals surface area contributed by atoms with Gasteiger partial charge in [0.2, 0.25) is 0 Å². The minimum Gasteiger partial charge on any atom is -0.325 e. The Labute approximate surface area is 140 Å². The molecule has 0 aliphatic carbocycles. The van der Waals surface area contributed by atoms with E-state index in [0.29, 0.717) is 24.4 Å². The van der Waals surface area contributed by atoms with Gasteiger partial charge in [0, 0.05) is 18.0 Å². The Morgan fingerprint density at radius 3 is 2.43 bits per heavy atom. The number of halogens is 1. The van der Waals surface area contributed by atoms with Gasteiger partial charge in [-0.1, -0.05) is 60.1 Å². The molecule has 1 heterocycles. The van der Waals surface area contributed by atoms with Gasteiger partial charge in [0.1, 0.15) is 6.04 Å². The summed E-state index contributed by atoms with van der Waals surface area (Å²) in [6.45, 7) is 0.333. The van der Waals surface area contributed by atoms with Crippen molar-refractivity contribution in [3.63, 3.8) is 0 Å². The minimum atomic E-state index is -0.490. The predicted molar refractivity (Wildman–Crippen MR) is 89.3 cm³/mol. The number of hydrogen-bond acceptors (Lipinski definition) is 2. The zero-order chi connectivity index (χ0) is 16.2. The highest BCUT2D eigenvalue weighted by Gasteiger charge is 2.37. The highest BCUT2D eigenvalue weighted by molar-refractivity contribution is 6.31. The fraction of sp³-hybridized carbons (Fsp3) is 0.222. The lowest BCUT2D eigenvalue weighted by Gasteiger charge is -2.13. The molecular formula is C18H17ClN2O2.